The van der Waals surface area contributed by atoms with E-state index in [9.17, 15) is 5.11 Å². The van der Waals surface area contributed by atoms with Crippen LogP contribution in [-0.2, 0) is 75.7 Å². The van der Waals surface area contributed by atoms with Crippen LogP contribution in [0.2, 0.25) is 0 Å². The Bertz CT molecular complexity index is 2870. The molecule has 1 N–H and O–H groups in total. The van der Waals surface area contributed by atoms with Crippen molar-refractivity contribution in [1.29, 1.82) is 0 Å². The van der Waals surface area contributed by atoms with Gasteiger partial charge in [0, 0.05) is 10.8 Å². The summed E-state index contributed by atoms with van der Waals surface area (Å²) in [7, 11) is 0. The van der Waals surface area contributed by atoms with E-state index in [0.29, 0.717) is 51.3 Å². The first-order chi connectivity index (χ1) is 39.2. The van der Waals surface area contributed by atoms with E-state index in [0.717, 1.165) is 59.9 Å². The van der Waals surface area contributed by atoms with Gasteiger partial charge in [-0.05, 0) is 106 Å². The van der Waals surface area contributed by atoms with E-state index in [-0.39, 0.29) is 59.8 Å². The molecule has 3 saturated carbocycles. The van der Waals surface area contributed by atoms with E-state index in [1.807, 2.05) is 103 Å². The molecule has 2 bridgehead atoms. The van der Waals surface area contributed by atoms with Gasteiger partial charge < -0.3 is 43.0 Å². The van der Waals surface area contributed by atoms with Crippen molar-refractivity contribution < 1.29 is 47.8 Å². The minimum atomic E-state index is -0.990. The molecule has 2 aliphatic heterocycles. The molecule has 5 aromatic carbocycles. The summed E-state index contributed by atoms with van der Waals surface area (Å²) in [6.07, 6.45) is 2.35. The van der Waals surface area contributed by atoms with E-state index < -0.39 is 53.7 Å². The molecule has 0 radical (unpaired) electrons. The normalized spacial score (nSPS) is 35.6. The summed E-state index contributed by atoms with van der Waals surface area (Å²) in [4.78, 5) is 15.1. The summed E-state index contributed by atoms with van der Waals surface area (Å²) in [5.74, 6) is 0.680. The standard InChI is InChI=1S/C71H88O10/c1-48(2)49(3)67(4)37-38-69(6)55-33-34-59-68(5)46-75-47-71(59,56(55)35-36-70(69,7)63(67)65(73)79-44-54-31-21-12-22-32-54)39-57(72)64(68)81-66-62(78-43-53-29-19-11-20-30-53)61(77-42-52-27-17-10-18-28-52)60(76-41-51-25-15-9-16-26-51)58(80-66)45-74-40-50-23-13-8-14-24-50/h8-32,35,48-49,55,57-64,66,72H,33-34,36-47H2,1-7H3/t49-,55+,57-,58?,59+,60+,61+,62?,63-,64+,66+,67-,68+,69-,70+,71+/m1/s1. The Labute approximate surface area is 482 Å². The first-order valence-electron chi connectivity index (χ1n) is 30.2. The highest BCUT2D eigenvalue weighted by molar-refractivity contribution is 5.75. The van der Waals surface area contributed by atoms with Crippen LogP contribution < -0.4 is 0 Å². The Balaban J connectivity index is 0.925. The number of ether oxygens (including phenoxy) is 8. The number of allylic oxidation sites excluding steroid dienone is 1. The number of esters is 1. The van der Waals surface area contributed by atoms with Crippen LogP contribution in [0.25, 0.3) is 0 Å². The fourth-order valence-electron chi connectivity index (χ4n) is 16.6. The molecular formula is C71H88O10. The van der Waals surface area contributed by atoms with Gasteiger partial charge in [-0.25, -0.2) is 0 Å². The number of rotatable bonds is 20. The summed E-state index contributed by atoms with van der Waals surface area (Å²) in [6, 6.07) is 50.8. The third kappa shape index (κ3) is 11.2. The predicted octanol–water partition coefficient (Wildman–Crippen LogP) is 13.7. The van der Waals surface area contributed by atoms with Gasteiger partial charge >= 0.3 is 5.97 Å². The predicted molar refractivity (Wildman–Crippen MR) is 313 cm³/mol. The lowest BCUT2D eigenvalue weighted by molar-refractivity contribution is -0.363. The van der Waals surface area contributed by atoms with Crippen LogP contribution in [0.4, 0.5) is 0 Å². The van der Waals surface area contributed by atoms with E-state index in [4.69, 9.17) is 37.9 Å². The maximum Gasteiger partial charge on any atom is 0.310 e. The Kier molecular flexibility index (Phi) is 17.3. The number of carbonyl (C=O) groups is 1. The van der Waals surface area contributed by atoms with Gasteiger partial charge in [0.2, 0.25) is 0 Å². The second-order valence-electron chi connectivity index (χ2n) is 26.3. The zero-order valence-electron chi connectivity index (χ0n) is 49.0. The molecule has 5 aromatic rings. The van der Waals surface area contributed by atoms with Gasteiger partial charge in [0.15, 0.2) is 6.29 Å². The highest BCUT2D eigenvalue weighted by Gasteiger charge is 2.72. The molecule has 0 aromatic heterocycles. The molecule has 2 unspecified atom stereocenters. The lowest BCUT2D eigenvalue weighted by Crippen LogP contribution is -2.71. The zero-order valence-corrected chi connectivity index (χ0v) is 49.0. The van der Waals surface area contributed by atoms with Crippen molar-refractivity contribution >= 4 is 5.97 Å². The second kappa shape index (κ2) is 24.3. The van der Waals surface area contributed by atoms with Crippen molar-refractivity contribution in [3.05, 3.63) is 191 Å². The van der Waals surface area contributed by atoms with Gasteiger partial charge in [0.1, 0.15) is 31.0 Å². The van der Waals surface area contributed by atoms with Gasteiger partial charge in [0.05, 0.1) is 64.4 Å². The largest absolute Gasteiger partial charge is 0.461 e. The fourth-order valence-corrected chi connectivity index (χ4v) is 16.6. The van der Waals surface area contributed by atoms with E-state index in [1.165, 1.54) is 5.57 Å². The first kappa shape index (κ1) is 57.8. The summed E-state index contributed by atoms with van der Waals surface area (Å²) >= 11 is 0. The topological polar surface area (TPSA) is 111 Å². The first-order valence-corrected chi connectivity index (χ1v) is 30.2. The molecule has 432 valence electrons. The number of fused-ring (bicyclic) bond motifs is 3. The fraction of sp³-hybridized carbons (Fsp3) is 0.535. The highest BCUT2D eigenvalue weighted by atomic mass is 16.7. The molecule has 11 rings (SSSR count). The lowest BCUT2D eigenvalue weighted by atomic mass is 9.34. The van der Waals surface area contributed by atoms with Crippen molar-refractivity contribution in [1.82, 2.24) is 0 Å². The third-order valence-electron chi connectivity index (χ3n) is 21.4. The minimum absolute atomic E-state index is 0.0737. The molecule has 2 heterocycles. The quantitative estimate of drug-likeness (QED) is 0.0459. The van der Waals surface area contributed by atoms with E-state index in [2.05, 4.69) is 103 Å². The smallest absolute Gasteiger partial charge is 0.310 e. The number of carbonyl (C=O) groups excluding carboxylic acids is 1. The highest BCUT2D eigenvalue weighted by Crippen LogP contribution is 2.75. The molecule has 10 heteroatoms. The Morgan fingerprint density at radius 2 is 1.14 bits per heavy atom. The third-order valence-corrected chi connectivity index (χ3v) is 21.4. The van der Waals surface area contributed by atoms with Gasteiger partial charge in [0.25, 0.3) is 0 Å². The van der Waals surface area contributed by atoms with E-state index in [1.54, 1.807) is 0 Å². The van der Waals surface area contributed by atoms with Gasteiger partial charge in [-0.15, -0.1) is 0 Å². The van der Waals surface area contributed by atoms with Crippen molar-refractivity contribution in [3.63, 3.8) is 0 Å². The van der Waals surface area contributed by atoms with Crippen LogP contribution in [0.5, 0.6) is 0 Å². The molecule has 0 spiro atoms. The number of hydrogen-bond acceptors (Lipinski definition) is 10. The number of benzene rings is 5. The Morgan fingerprint density at radius 3 is 1.69 bits per heavy atom. The molecule has 5 fully saturated rings. The monoisotopic (exact) mass is 1100 g/mol. The molecule has 2 saturated heterocycles. The number of hydrogen-bond donors (Lipinski definition) is 1. The van der Waals surface area contributed by atoms with Crippen LogP contribution in [0.15, 0.2) is 163 Å². The van der Waals surface area contributed by atoms with Crippen LogP contribution in [-0.4, -0.2) is 73.8 Å². The van der Waals surface area contributed by atoms with Crippen LogP contribution in [0.3, 0.4) is 0 Å². The molecular weight excluding hydrogens is 1010 g/mol. The molecule has 4 aliphatic carbocycles. The molecule has 10 nitrogen and oxygen atoms in total. The van der Waals surface area contributed by atoms with Crippen LogP contribution >= 0.6 is 0 Å². The number of aliphatic hydroxyl groups is 1. The molecule has 81 heavy (non-hydrogen) atoms. The van der Waals surface area contributed by atoms with Crippen molar-refractivity contribution in [3.8, 4) is 0 Å². The maximum absolute atomic E-state index is 15.1. The zero-order chi connectivity index (χ0) is 56.4. The van der Waals surface area contributed by atoms with Gasteiger partial charge in [-0.1, -0.05) is 212 Å². The SMILES string of the molecule is CC(C)[C@@H](C)[C@@]1(C)CC[C@]2(C)[C@H]3CC[C@@H]4[C@@]5(COC[C@]4(C)[C@@H](O[C@@H]4OC(COCc6ccccc6)[C@H](OCc6ccccc6)[C@H](OCc6ccccc6)C4OCc4ccccc4)[C@H](O)C5)C3=CC[C@@]2(C)[C@@H]1C(=O)OCc1ccccc1. The molecule has 6 aliphatic rings. The summed E-state index contributed by atoms with van der Waals surface area (Å²) in [5.41, 5.74) is 4.63. The van der Waals surface area contributed by atoms with E-state index >= 15 is 4.79 Å². The average Bonchev–Trinajstić information content (AvgIpc) is 1.72. The average molecular weight is 1100 g/mol. The van der Waals surface area contributed by atoms with Gasteiger partial charge in [-0.2, -0.15) is 0 Å². The Morgan fingerprint density at radius 1 is 0.617 bits per heavy atom. The number of aliphatic hydroxyl groups excluding tert-OH is 1. The molecule has 16 atom stereocenters. The van der Waals surface area contributed by atoms with Gasteiger partial charge in [-0.3, -0.25) is 4.79 Å². The minimum Gasteiger partial charge on any atom is -0.461 e. The summed E-state index contributed by atoms with van der Waals surface area (Å²) in [5, 5.41) is 13.2. The Hall–Kier alpha value is -5.01. The van der Waals surface area contributed by atoms with Crippen molar-refractivity contribution in [2.75, 3.05) is 19.8 Å². The van der Waals surface area contributed by atoms with Crippen LogP contribution in [0.1, 0.15) is 115 Å². The maximum atomic E-state index is 15.1. The second-order valence-corrected chi connectivity index (χ2v) is 26.3. The summed E-state index contributed by atoms with van der Waals surface area (Å²) in [6.45, 7) is 19.2. The molecule has 0 amide bonds. The van der Waals surface area contributed by atoms with Crippen molar-refractivity contribution in [2.24, 2.45) is 56.7 Å². The van der Waals surface area contributed by atoms with Crippen molar-refractivity contribution in [2.45, 2.75) is 163 Å². The van der Waals surface area contributed by atoms with Crippen LogP contribution in [0, 0.1) is 56.7 Å². The lowest BCUT2D eigenvalue weighted by Gasteiger charge is -2.71. The summed E-state index contributed by atoms with van der Waals surface area (Å²) < 4.78 is 56.0.